The van der Waals surface area contributed by atoms with Crippen LogP contribution in [0.4, 0.5) is 0 Å². The molecule has 0 radical (unpaired) electrons. The highest BCUT2D eigenvalue weighted by molar-refractivity contribution is 4.86. The molecule has 5 heteroatoms. The topological polar surface area (TPSA) is 63.0 Å². The van der Waals surface area contributed by atoms with Gasteiger partial charge in [-0.3, -0.25) is 0 Å². The Labute approximate surface area is 109 Å². The zero-order chi connectivity index (χ0) is 13.0. The molecule has 0 aromatic carbocycles. The molecule has 1 aliphatic carbocycles. The highest BCUT2D eigenvalue weighted by atomic mass is 16.3. The molecule has 2 rings (SSSR count). The summed E-state index contributed by atoms with van der Waals surface area (Å²) in [6, 6.07) is 0.348. The molecule has 102 valence electrons. The van der Waals surface area contributed by atoms with Gasteiger partial charge in [0.25, 0.3) is 0 Å². The van der Waals surface area contributed by atoms with Gasteiger partial charge in [0.1, 0.15) is 12.2 Å². The minimum absolute atomic E-state index is 0.0927. The number of aromatic nitrogens is 3. The van der Waals surface area contributed by atoms with Crippen molar-refractivity contribution in [2.45, 2.75) is 58.2 Å². The van der Waals surface area contributed by atoms with Crippen molar-refractivity contribution in [2.75, 3.05) is 6.54 Å². The van der Waals surface area contributed by atoms with Crippen LogP contribution in [-0.4, -0.2) is 32.5 Å². The van der Waals surface area contributed by atoms with Crippen molar-refractivity contribution in [3.8, 4) is 0 Å². The summed E-state index contributed by atoms with van der Waals surface area (Å²) in [6.45, 7) is 5.93. The normalized spacial score (nSPS) is 24.7. The van der Waals surface area contributed by atoms with Crippen LogP contribution in [0.5, 0.6) is 0 Å². The zero-order valence-corrected chi connectivity index (χ0v) is 11.3. The van der Waals surface area contributed by atoms with E-state index < -0.39 is 0 Å². The first-order chi connectivity index (χ1) is 8.66. The molecule has 18 heavy (non-hydrogen) atoms. The Morgan fingerprint density at radius 2 is 2.33 bits per heavy atom. The van der Waals surface area contributed by atoms with Crippen molar-refractivity contribution in [1.29, 1.82) is 0 Å². The fourth-order valence-corrected chi connectivity index (χ4v) is 2.67. The molecule has 0 amide bonds. The lowest BCUT2D eigenvalue weighted by Gasteiger charge is -2.26. The van der Waals surface area contributed by atoms with E-state index >= 15 is 0 Å². The molecule has 2 N–H and O–H groups in total. The average molecular weight is 252 g/mol. The van der Waals surface area contributed by atoms with Gasteiger partial charge in [0, 0.05) is 6.04 Å². The van der Waals surface area contributed by atoms with Crippen LogP contribution in [0.2, 0.25) is 0 Å². The Kier molecular flexibility index (Phi) is 4.72. The summed E-state index contributed by atoms with van der Waals surface area (Å²) in [4.78, 5) is 4.28. The molecule has 0 saturated heterocycles. The number of hydrogen-bond acceptors (Lipinski definition) is 4. The van der Waals surface area contributed by atoms with E-state index in [9.17, 15) is 5.11 Å². The van der Waals surface area contributed by atoms with E-state index in [-0.39, 0.29) is 6.10 Å². The molecule has 1 fully saturated rings. The molecule has 2 unspecified atom stereocenters. The number of nitrogens with one attached hydrogen (secondary N) is 1. The Morgan fingerprint density at radius 1 is 1.50 bits per heavy atom. The molecule has 1 aromatic rings. The number of aliphatic hydroxyl groups excluding tert-OH is 1. The zero-order valence-electron chi connectivity index (χ0n) is 11.3. The SMILES string of the molecule is CC(C)n1ncnc1CNCC1CCCC(O)C1. The molecular weight excluding hydrogens is 228 g/mol. The van der Waals surface area contributed by atoms with Crippen LogP contribution in [-0.2, 0) is 6.54 Å². The second kappa shape index (κ2) is 6.29. The third kappa shape index (κ3) is 3.53. The maximum atomic E-state index is 9.63. The van der Waals surface area contributed by atoms with Gasteiger partial charge in [-0.15, -0.1) is 0 Å². The summed E-state index contributed by atoms with van der Waals surface area (Å²) >= 11 is 0. The molecule has 0 bridgehead atoms. The van der Waals surface area contributed by atoms with E-state index in [0.717, 1.165) is 38.2 Å². The maximum Gasteiger partial charge on any atom is 0.141 e. The predicted octanol–water partition coefficient (Wildman–Crippen LogP) is 1.50. The largest absolute Gasteiger partial charge is 0.393 e. The molecule has 0 spiro atoms. The Hall–Kier alpha value is -0.940. The Bertz CT molecular complexity index is 364. The highest BCUT2D eigenvalue weighted by Crippen LogP contribution is 2.23. The van der Waals surface area contributed by atoms with E-state index in [0.29, 0.717) is 12.0 Å². The first kappa shape index (κ1) is 13.5. The van der Waals surface area contributed by atoms with Crippen molar-refractivity contribution in [2.24, 2.45) is 5.92 Å². The fraction of sp³-hybridized carbons (Fsp3) is 0.846. The van der Waals surface area contributed by atoms with Crippen LogP contribution in [0.25, 0.3) is 0 Å². The quantitative estimate of drug-likeness (QED) is 0.833. The Balaban J connectivity index is 1.76. The van der Waals surface area contributed by atoms with Gasteiger partial charge in [0.05, 0.1) is 12.6 Å². The van der Waals surface area contributed by atoms with E-state index in [1.807, 2.05) is 4.68 Å². The van der Waals surface area contributed by atoms with Crippen molar-refractivity contribution >= 4 is 0 Å². The van der Waals surface area contributed by atoms with E-state index in [2.05, 4.69) is 29.2 Å². The third-order valence-electron chi connectivity index (χ3n) is 3.61. The van der Waals surface area contributed by atoms with Gasteiger partial charge in [0.2, 0.25) is 0 Å². The summed E-state index contributed by atoms with van der Waals surface area (Å²) in [5.74, 6) is 1.59. The molecule has 1 saturated carbocycles. The number of hydrogen-bond donors (Lipinski definition) is 2. The molecule has 1 aromatic heterocycles. The van der Waals surface area contributed by atoms with Crippen LogP contribution in [0, 0.1) is 5.92 Å². The first-order valence-corrected chi connectivity index (χ1v) is 6.94. The van der Waals surface area contributed by atoms with Gasteiger partial charge in [-0.05, 0) is 45.6 Å². The van der Waals surface area contributed by atoms with E-state index in [1.165, 1.54) is 6.42 Å². The van der Waals surface area contributed by atoms with Gasteiger partial charge in [-0.25, -0.2) is 9.67 Å². The third-order valence-corrected chi connectivity index (χ3v) is 3.61. The molecule has 2 atom stereocenters. The summed E-state index contributed by atoms with van der Waals surface area (Å²) in [7, 11) is 0. The monoisotopic (exact) mass is 252 g/mol. The highest BCUT2D eigenvalue weighted by Gasteiger charge is 2.19. The second-order valence-electron chi connectivity index (χ2n) is 5.53. The lowest BCUT2D eigenvalue weighted by molar-refractivity contribution is 0.100. The molecular formula is C13H24N4O. The van der Waals surface area contributed by atoms with Crippen LogP contribution in [0.1, 0.15) is 51.4 Å². The lowest BCUT2D eigenvalue weighted by atomic mass is 9.87. The van der Waals surface area contributed by atoms with Crippen molar-refractivity contribution in [3.05, 3.63) is 12.2 Å². The van der Waals surface area contributed by atoms with Crippen molar-refractivity contribution in [3.63, 3.8) is 0 Å². The molecule has 1 aliphatic rings. The summed E-state index contributed by atoms with van der Waals surface area (Å²) in [5.41, 5.74) is 0. The van der Waals surface area contributed by atoms with Crippen LogP contribution < -0.4 is 5.32 Å². The summed E-state index contributed by atoms with van der Waals surface area (Å²) < 4.78 is 1.95. The maximum absolute atomic E-state index is 9.63. The van der Waals surface area contributed by atoms with Crippen LogP contribution in [0.3, 0.4) is 0 Å². The lowest BCUT2D eigenvalue weighted by Crippen LogP contribution is -2.29. The van der Waals surface area contributed by atoms with Gasteiger partial charge in [-0.1, -0.05) is 6.42 Å². The predicted molar refractivity (Wildman–Crippen MR) is 70.1 cm³/mol. The molecule has 1 heterocycles. The van der Waals surface area contributed by atoms with Gasteiger partial charge in [0.15, 0.2) is 0 Å². The second-order valence-corrected chi connectivity index (χ2v) is 5.53. The van der Waals surface area contributed by atoms with Gasteiger partial charge >= 0.3 is 0 Å². The van der Waals surface area contributed by atoms with Crippen molar-refractivity contribution < 1.29 is 5.11 Å². The minimum Gasteiger partial charge on any atom is -0.393 e. The van der Waals surface area contributed by atoms with Gasteiger partial charge < -0.3 is 10.4 Å². The van der Waals surface area contributed by atoms with Crippen LogP contribution >= 0.6 is 0 Å². The molecule has 0 aliphatic heterocycles. The van der Waals surface area contributed by atoms with Crippen LogP contribution in [0.15, 0.2) is 6.33 Å². The fourth-order valence-electron chi connectivity index (χ4n) is 2.67. The molecule has 5 nitrogen and oxygen atoms in total. The van der Waals surface area contributed by atoms with E-state index in [1.54, 1.807) is 6.33 Å². The number of rotatable bonds is 5. The minimum atomic E-state index is -0.0927. The smallest absolute Gasteiger partial charge is 0.141 e. The number of nitrogens with zero attached hydrogens (tertiary/aromatic N) is 3. The Morgan fingerprint density at radius 3 is 3.06 bits per heavy atom. The summed E-state index contributed by atoms with van der Waals surface area (Å²) in [6.07, 6.45) is 5.80. The first-order valence-electron chi connectivity index (χ1n) is 6.94. The summed E-state index contributed by atoms with van der Waals surface area (Å²) in [5, 5.41) is 17.3. The standard InChI is InChI=1S/C13H24N4O/c1-10(2)17-13(15-9-16-17)8-14-7-11-4-3-5-12(18)6-11/h9-12,14,18H,3-8H2,1-2H3. The number of aliphatic hydroxyl groups is 1. The van der Waals surface area contributed by atoms with Crippen molar-refractivity contribution in [1.82, 2.24) is 20.1 Å². The van der Waals surface area contributed by atoms with E-state index in [4.69, 9.17) is 0 Å². The average Bonchev–Trinajstić information content (AvgIpc) is 2.77. The van der Waals surface area contributed by atoms with Gasteiger partial charge in [-0.2, -0.15) is 5.10 Å².